The van der Waals surface area contributed by atoms with E-state index in [1.807, 2.05) is 26.0 Å². The normalized spacial score (nSPS) is 51.7. The quantitative estimate of drug-likeness (QED) is 0.467. The number of ketones is 1. The molecule has 190 valence electrons. The summed E-state index contributed by atoms with van der Waals surface area (Å²) in [6.45, 7) is 12.3. The molecule has 0 aromatic carbocycles. The first kappa shape index (κ1) is 24.6. The number of carbonyl (C=O) groups is 1. The van der Waals surface area contributed by atoms with Gasteiger partial charge in [0.25, 0.3) is 0 Å². The van der Waals surface area contributed by atoms with E-state index in [9.17, 15) is 25.2 Å². The molecule has 0 spiro atoms. The maximum Gasteiger partial charge on any atom is 0.171 e. The van der Waals surface area contributed by atoms with Crippen molar-refractivity contribution in [3.8, 4) is 0 Å². The third-order valence-electron chi connectivity index (χ3n) is 10.9. The third-order valence-corrected chi connectivity index (χ3v) is 10.9. The minimum atomic E-state index is -1.53. The fourth-order valence-electron chi connectivity index (χ4n) is 8.37. The molecule has 1 heterocycles. The summed E-state index contributed by atoms with van der Waals surface area (Å²) in [5, 5.41) is 45.4. The van der Waals surface area contributed by atoms with Gasteiger partial charge in [0.1, 0.15) is 11.7 Å². The van der Waals surface area contributed by atoms with Gasteiger partial charge < -0.3 is 25.2 Å². The summed E-state index contributed by atoms with van der Waals surface area (Å²) in [7, 11) is 0. The predicted molar refractivity (Wildman–Crippen MR) is 128 cm³/mol. The highest BCUT2D eigenvalue weighted by molar-refractivity contribution is 5.94. The first-order valence-corrected chi connectivity index (χ1v) is 13.2. The van der Waals surface area contributed by atoms with E-state index in [-0.39, 0.29) is 30.3 Å². The molecule has 0 aromatic rings. The van der Waals surface area contributed by atoms with Crippen LogP contribution in [0.15, 0.2) is 23.3 Å². The van der Waals surface area contributed by atoms with Crippen molar-refractivity contribution in [1.82, 2.24) is 0 Å². The Balaban J connectivity index is 1.54. The van der Waals surface area contributed by atoms with Crippen LogP contribution in [-0.4, -0.2) is 62.3 Å². The molecule has 4 N–H and O–H groups in total. The minimum absolute atomic E-state index is 0.0666. The molecule has 12 atom stereocenters. The highest BCUT2D eigenvalue weighted by Gasteiger charge is 2.74. The van der Waals surface area contributed by atoms with Gasteiger partial charge in [-0.3, -0.25) is 4.79 Å². The molecule has 1 aliphatic heterocycles. The van der Waals surface area contributed by atoms with Crippen LogP contribution in [0.25, 0.3) is 0 Å². The number of carbonyl (C=O) groups excluding carboxylic acids is 1. The maximum absolute atomic E-state index is 14.0. The number of hydrogen-bond acceptors (Lipinski definition) is 6. The van der Waals surface area contributed by atoms with Crippen LogP contribution >= 0.6 is 0 Å². The third kappa shape index (κ3) is 3.02. The van der Waals surface area contributed by atoms with Crippen LogP contribution < -0.4 is 0 Å². The Morgan fingerprint density at radius 3 is 2.38 bits per heavy atom. The van der Waals surface area contributed by atoms with E-state index in [4.69, 9.17) is 4.74 Å². The van der Waals surface area contributed by atoms with Crippen LogP contribution in [0.1, 0.15) is 67.2 Å². The lowest BCUT2D eigenvalue weighted by atomic mass is 9.47. The van der Waals surface area contributed by atoms with E-state index in [2.05, 4.69) is 20.8 Å². The Morgan fingerprint density at radius 1 is 1.06 bits per heavy atom. The Hall–Kier alpha value is -1.05. The van der Waals surface area contributed by atoms with Gasteiger partial charge in [0.05, 0.1) is 29.8 Å². The van der Waals surface area contributed by atoms with Crippen LogP contribution in [0.3, 0.4) is 0 Å². The second-order valence-electron chi connectivity index (χ2n) is 12.8. The number of aliphatic hydroxyl groups excluding tert-OH is 3. The molecular formula is C28H42O6. The van der Waals surface area contributed by atoms with Gasteiger partial charge in [-0.25, -0.2) is 0 Å². The zero-order valence-corrected chi connectivity index (χ0v) is 21.4. The van der Waals surface area contributed by atoms with Crippen molar-refractivity contribution in [1.29, 1.82) is 0 Å². The second-order valence-corrected chi connectivity index (χ2v) is 12.8. The first-order valence-electron chi connectivity index (χ1n) is 13.2. The standard InChI is InChI=1S/C28H42O6/c1-13(2)14(3)23-24(34-23)15(4)20-19(30)12-28(33)18-8-7-16-11-17(29)9-10-26(16,5)21(18)22(31)25(32)27(20,28)6/h7-8,13-15,17,19-24,29-31,33H,9-12H2,1-6H3/t14-,15+,17+,19+,20?,21?,22+,23?,24?,26+,27+,28+/m1/s1. The molecule has 0 amide bonds. The number of fused-ring (bicyclic) bond motifs is 5. The van der Waals surface area contributed by atoms with Crippen molar-refractivity contribution in [3.05, 3.63) is 23.3 Å². The van der Waals surface area contributed by atoms with Crippen LogP contribution in [0.5, 0.6) is 0 Å². The van der Waals surface area contributed by atoms with E-state index < -0.39 is 46.6 Å². The van der Waals surface area contributed by atoms with Crippen molar-refractivity contribution in [2.45, 2.75) is 103 Å². The zero-order chi connectivity index (χ0) is 25.0. The molecule has 5 rings (SSSR count). The molecule has 4 fully saturated rings. The van der Waals surface area contributed by atoms with Crippen molar-refractivity contribution in [3.63, 3.8) is 0 Å². The number of aliphatic hydroxyl groups is 4. The van der Waals surface area contributed by atoms with Crippen molar-refractivity contribution in [2.75, 3.05) is 0 Å². The molecule has 5 aliphatic rings. The molecule has 6 heteroatoms. The molecule has 0 aromatic heterocycles. The maximum atomic E-state index is 14.0. The number of hydrogen-bond donors (Lipinski definition) is 4. The fourth-order valence-corrected chi connectivity index (χ4v) is 8.37. The van der Waals surface area contributed by atoms with Crippen LogP contribution in [-0.2, 0) is 9.53 Å². The number of allylic oxidation sites excluding steroid dienone is 2. The summed E-state index contributed by atoms with van der Waals surface area (Å²) < 4.78 is 6.07. The molecular weight excluding hydrogens is 432 g/mol. The van der Waals surface area contributed by atoms with Crippen molar-refractivity contribution < 1.29 is 30.0 Å². The molecule has 3 saturated carbocycles. The predicted octanol–water partition coefficient (Wildman–Crippen LogP) is 2.78. The molecule has 4 unspecified atom stereocenters. The van der Waals surface area contributed by atoms with E-state index in [0.717, 1.165) is 5.57 Å². The van der Waals surface area contributed by atoms with Gasteiger partial charge in [-0.2, -0.15) is 0 Å². The lowest BCUT2D eigenvalue weighted by molar-refractivity contribution is -0.171. The van der Waals surface area contributed by atoms with Crippen molar-refractivity contribution >= 4 is 5.78 Å². The van der Waals surface area contributed by atoms with Crippen LogP contribution in [0, 0.1) is 40.4 Å². The van der Waals surface area contributed by atoms with Gasteiger partial charge in [-0.05, 0) is 54.9 Å². The Morgan fingerprint density at radius 2 is 1.74 bits per heavy atom. The SMILES string of the molecule is CC(C)[C@@H](C)C1OC1[C@@H](C)C1[C@@H](O)C[C@]2(O)C3=CC=C4C[C@@H](O)CC[C@]4(C)C3[C@H](O)C(=O)[C@]12C. The van der Waals surface area contributed by atoms with Gasteiger partial charge in [0.2, 0.25) is 0 Å². The molecule has 4 aliphatic carbocycles. The number of ether oxygens (including phenoxy) is 1. The fraction of sp³-hybridized carbons (Fsp3) is 0.821. The molecule has 0 radical (unpaired) electrons. The topological polar surface area (TPSA) is 111 Å². The smallest absolute Gasteiger partial charge is 0.171 e. The zero-order valence-electron chi connectivity index (χ0n) is 21.4. The van der Waals surface area contributed by atoms with E-state index in [0.29, 0.717) is 36.7 Å². The lowest BCUT2D eigenvalue weighted by Crippen LogP contribution is -2.66. The highest BCUT2D eigenvalue weighted by atomic mass is 16.6. The number of epoxide rings is 1. The van der Waals surface area contributed by atoms with Gasteiger partial charge in [0.15, 0.2) is 5.78 Å². The molecule has 34 heavy (non-hydrogen) atoms. The van der Waals surface area contributed by atoms with Gasteiger partial charge in [-0.15, -0.1) is 0 Å². The lowest BCUT2D eigenvalue weighted by Gasteiger charge is -2.58. The van der Waals surface area contributed by atoms with E-state index in [1.165, 1.54) is 0 Å². The number of Topliss-reactive ketones (excluding diaryl/α,β-unsaturated/α-hetero) is 1. The van der Waals surface area contributed by atoms with Gasteiger partial charge >= 0.3 is 0 Å². The first-order chi connectivity index (χ1) is 15.8. The summed E-state index contributed by atoms with van der Waals surface area (Å²) in [6, 6.07) is 0. The van der Waals surface area contributed by atoms with Crippen molar-refractivity contribution in [2.24, 2.45) is 40.4 Å². The average molecular weight is 475 g/mol. The Kier molecular flexibility index (Phi) is 5.60. The Bertz CT molecular complexity index is 939. The number of rotatable bonds is 4. The van der Waals surface area contributed by atoms with Crippen LogP contribution in [0.4, 0.5) is 0 Å². The van der Waals surface area contributed by atoms with Gasteiger partial charge in [-0.1, -0.05) is 52.3 Å². The summed E-state index contributed by atoms with van der Waals surface area (Å²) in [4.78, 5) is 14.0. The summed E-state index contributed by atoms with van der Waals surface area (Å²) >= 11 is 0. The molecule has 1 saturated heterocycles. The molecule has 6 nitrogen and oxygen atoms in total. The second kappa shape index (κ2) is 7.72. The summed E-state index contributed by atoms with van der Waals surface area (Å²) in [5.41, 5.74) is -1.63. The minimum Gasteiger partial charge on any atom is -0.393 e. The van der Waals surface area contributed by atoms with Crippen LogP contribution in [0.2, 0.25) is 0 Å². The summed E-state index contributed by atoms with van der Waals surface area (Å²) in [5.74, 6) is -0.733. The van der Waals surface area contributed by atoms with E-state index >= 15 is 0 Å². The average Bonchev–Trinajstić information content (AvgIpc) is 3.53. The monoisotopic (exact) mass is 474 g/mol. The highest BCUT2D eigenvalue weighted by Crippen LogP contribution is 2.67. The molecule has 0 bridgehead atoms. The summed E-state index contributed by atoms with van der Waals surface area (Å²) in [6.07, 6.45) is 3.16. The van der Waals surface area contributed by atoms with Gasteiger partial charge in [0, 0.05) is 18.3 Å². The van der Waals surface area contributed by atoms with E-state index in [1.54, 1.807) is 6.92 Å². The Labute approximate surface area is 203 Å². The largest absolute Gasteiger partial charge is 0.393 e.